The highest BCUT2D eigenvalue weighted by atomic mass is 16.4. The fourth-order valence-corrected chi connectivity index (χ4v) is 2.81. The Kier molecular flexibility index (Phi) is 4.11. The van der Waals surface area contributed by atoms with Gasteiger partial charge in [0.05, 0.1) is 5.69 Å². The van der Waals surface area contributed by atoms with Gasteiger partial charge in [-0.2, -0.15) is 5.10 Å². The standard InChI is InChI=1S/C14H21N3O3/c1-10-9-11(2)17(16-10)8-5-12(18)15-14(13(19)20)6-3-4-7-14/h9H,3-8H2,1-2H3,(H,15,18)(H,19,20). The number of carboxylic acid groups (broad SMARTS) is 1. The van der Waals surface area contributed by atoms with Crippen molar-refractivity contribution >= 4 is 11.9 Å². The minimum atomic E-state index is -1.05. The molecule has 0 saturated heterocycles. The molecule has 1 aromatic heterocycles. The third-order valence-corrected chi connectivity index (χ3v) is 3.90. The first kappa shape index (κ1) is 14.6. The molecule has 1 aliphatic rings. The molecule has 0 bridgehead atoms. The molecule has 20 heavy (non-hydrogen) atoms. The molecule has 0 radical (unpaired) electrons. The molecule has 1 aromatic rings. The topological polar surface area (TPSA) is 84.2 Å². The molecular weight excluding hydrogens is 258 g/mol. The average molecular weight is 279 g/mol. The molecule has 6 nitrogen and oxygen atoms in total. The quantitative estimate of drug-likeness (QED) is 0.853. The molecule has 1 aliphatic carbocycles. The molecule has 110 valence electrons. The molecule has 1 saturated carbocycles. The molecular formula is C14H21N3O3. The lowest BCUT2D eigenvalue weighted by atomic mass is 9.97. The lowest BCUT2D eigenvalue weighted by molar-refractivity contribution is -0.147. The Morgan fingerprint density at radius 2 is 2.05 bits per heavy atom. The van der Waals surface area contributed by atoms with Crippen molar-refractivity contribution in [1.82, 2.24) is 15.1 Å². The number of hydrogen-bond acceptors (Lipinski definition) is 3. The summed E-state index contributed by atoms with van der Waals surface area (Å²) in [5, 5.41) is 16.3. The van der Waals surface area contributed by atoms with Gasteiger partial charge in [-0.1, -0.05) is 12.8 Å². The highest BCUT2D eigenvalue weighted by Gasteiger charge is 2.42. The number of hydrogen-bond donors (Lipinski definition) is 2. The minimum Gasteiger partial charge on any atom is -0.480 e. The van der Waals surface area contributed by atoms with E-state index in [1.165, 1.54) is 0 Å². The van der Waals surface area contributed by atoms with E-state index in [9.17, 15) is 14.7 Å². The van der Waals surface area contributed by atoms with Crippen LogP contribution in [0.5, 0.6) is 0 Å². The second-order valence-corrected chi connectivity index (χ2v) is 5.54. The van der Waals surface area contributed by atoms with Gasteiger partial charge in [-0.3, -0.25) is 9.48 Å². The van der Waals surface area contributed by atoms with Crippen LogP contribution in [0.2, 0.25) is 0 Å². The van der Waals surface area contributed by atoms with Crippen LogP contribution >= 0.6 is 0 Å². The summed E-state index contributed by atoms with van der Waals surface area (Å²) >= 11 is 0. The normalized spacial score (nSPS) is 17.1. The first-order chi connectivity index (χ1) is 9.43. The zero-order valence-corrected chi connectivity index (χ0v) is 12.0. The molecule has 2 rings (SSSR count). The van der Waals surface area contributed by atoms with E-state index in [0.29, 0.717) is 19.4 Å². The van der Waals surface area contributed by atoms with Crippen molar-refractivity contribution in [2.45, 2.75) is 58.0 Å². The number of aromatic nitrogens is 2. The number of nitrogens with zero attached hydrogens (tertiary/aromatic N) is 2. The Morgan fingerprint density at radius 1 is 1.40 bits per heavy atom. The predicted octanol–water partition coefficient (Wildman–Crippen LogP) is 1.40. The number of rotatable bonds is 5. The number of carbonyl (C=O) groups is 2. The zero-order chi connectivity index (χ0) is 14.8. The SMILES string of the molecule is Cc1cc(C)n(CCC(=O)NC2(C(=O)O)CCCC2)n1. The highest BCUT2D eigenvalue weighted by Crippen LogP contribution is 2.29. The van der Waals surface area contributed by atoms with Gasteiger partial charge in [-0.15, -0.1) is 0 Å². The molecule has 1 amide bonds. The summed E-state index contributed by atoms with van der Waals surface area (Å²) in [6, 6.07) is 1.95. The molecule has 1 heterocycles. The molecule has 2 N–H and O–H groups in total. The van der Waals surface area contributed by atoms with Crippen LogP contribution in [0, 0.1) is 13.8 Å². The largest absolute Gasteiger partial charge is 0.480 e. The number of aliphatic carboxylic acids is 1. The molecule has 1 fully saturated rings. The fraction of sp³-hybridized carbons (Fsp3) is 0.643. The molecule has 0 unspecified atom stereocenters. The van der Waals surface area contributed by atoms with E-state index in [1.807, 2.05) is 19.9 Å². The number of carboxylic acids is 1. The Morgan fingerprint density at radius 3 is 2.55 bits per heavy atom. The molecule has 0 spiro atoms. The van der Waals surface area contributed by atoms with Gasteiger partial charge >= 0.3 is 5.97 Å². The summed E-state index contributed by atoms with van der Waals surface area (Å²) in [4.78, 5) is 23.3. The maximum absolute atomic E-state index is 12.0. The summed E-state index contributed by atoms with van der Waals surface area (Å²) < 4.78 is 1.77. The first-order valence-corrected chi connectivity index (χ1v) is 6.98. The van der Waals surface area contributed by atoms with E-state index in [1.54, 1.807) is 4.68 Å². The average Bonchev–Trinajstić information content (AvgIpc) is 2.95. The maximum Gasteiger partial charge on any atom is 0.329 e. The Hall–Kier alpha value is -1.85. The van der Waals surface area contributed by atoms with Gasteiger partial charge < -0.3 is 10.4 Å². The lowest BCUT2D eigenvalue weighted by Crippen LogP contribution is -2.52. The van der Waals surface area contributed by atoms with E-state index in [4.69, 9.17) is 0 Å². The van der Waals surface area contributed by atoms with Crippen molar-refractivity contribution in [2.75, 3.05) is 0 Å². The predicted molar refractivity (Wildman–Crippen MR) is 73.3 cm³/mol. The number of carbonyl (C=O) groups excluding carboxylic acids is 1. The maximum atomic E-state index is 12.0. The van der Waals surface area contributed by atoms with Crippen molar-refractivity contribution in [1.29, 1.82) is 0 Å². The summed E-state index contributed by atoms with van der Waals surface area (Å²) in [6.45, 7) is 4.32. The second kappa shape index (κ2) is 5.64. The van der Waals surface area contributed by atoms with Gasteiger partial charge in [-0.25, -0.2) is 4.79 Å². The monoisotopic (exact) mass is 279 g/mol. The minimum absolute atomic E-state index is 0.221. The number of amides is 1. The van der Waals surface area contributed by atoms with Crippen LogP contribution in [0.4, 0.5) is 0 Å². The van der Waals surface area contributed by atoms with Crippen LogP contribution < -0.4 is 5.32 Å². The van der Waals surface area contributed by atoms with E-state index in [-0.39, 0.29) is 12.3 Å². The van der Waals surface area contributed by atoms with E-state index >= 15 is 0 Å². The van der Waals surface area contributed by atoms with Gasteiger partial charge in [-0.05, 0) is 32.8 Å². The van der Waals surface area contributed by atoms with E-state index < -0.39 is 11.5 Å². The van der Waals surface area contributed by atoms with Gasteiger partial charge in [0.2, 0.25) is 5.91 Å². The van der Waals surface area contributed by atoms with Gasteiger partial charge in [0.1, 0.15) is 5.54 Å². The molecule has 0 atom stereocenters. The molecule has 0 aromatic carbocycles. The fourth-order valence-electron chi connectivity index (χ4n) is 2.81. The summed E-state index contributed by atoms with van der Waals surface area (Å²) in [5.74, 6) is -1.14. The summed E-state index contributed by atoms with van der Waals surface area (Å²) in [5.41, 5.74) is 0.872. The Bertz CT molecular complexity index is 516. The van der Waals surface area contributed by atoms with E-state index in [2.05, 4.69) is 10.4 Å². The lowest BCUT2D eigenvalue weighted by Gasteiger charge is -2.25. The smallest absolute Gasteiger partial charge is 0.329 e. The van der Waals surface area contributed by atoms with Gasteiger partial charge in [0.25, 0.3) is 0 Å². The van der Waals surface area contributed by atoms with Crippen LogP contribution in [0.1, 0.15) is 43.5 Å². The highest BCUT2D eigenvalue weighted by molar-refractivity contribution is 5.87. The second-order valence-electron chi connectivity index (χ2n) is 5.54. The van der Waals surface area contributed by atoms with E-state index in [0.717, 1.165) is 24.2 Å². The van der Waals surface area contributed by atoms with Gasteiger partial charge in [0, 0.05) is 18.7 Å². The Labute approximate surface area is 118 Å². The first-order valence-electron chi connectivity index (χ1n) is 6.98. The molecule has 0 aliphatic heterocycles. The van der Waals surface area contributed by atoms with Crippen LogP contribution in [0.3, 0.4) is 0 Å². The van der Waals surface area contributed by atoms with Crippen LogP contribution in [-0.4, -0.2) is 32.3 Å². The zero-order valence-electron chi connectivity index (χ0n) is 12.0. The number of aryl methyl sites for hydroxylation is 3. The van der Waals surface area contributed by atoms with Gasteiger partial charge in [0.15, 0.2) is 0 Å². The van der Waals surface area contributed by atoms with Crippen molar-refractivity contribution in [3.05, 3.63) is 17.5 Å². The van der Waals surface area contributed by atoms with Crippen LogP contribution in [-0.2, 0) is 16.1 Å². The van der Waals surface area contributed by atoms with Crippen molar-refractivity contribution in [2.24, 2.45) is 0 Å². The van der Waals surface area contributed by atoms with Crippen LogP contribution in [0.15, 0.2) is 6.07 Å². The van der Waals surface area contributed by atoms with Crippen molar-refractivity contribution < 1.29 is 14.7 Å². The summed E-state index contributed by atoms with van der Waals surface area (Å²) in [6.07, 6.45) is 2.99. The van der Waals surface area contributed by atoms with Crippen molar-refractivity contribution in [3.63, 3.8) is 0 Å². The van der Waals surface area contributed by atoms with Crippen molar-refractivity contribution in [3.8, 4) is 0 Å². The number of nitrogens with one attached hydrogen (secondary N) is 1. The summed E-state index contributed by atoms with van der Waals surface area (Å²) in [7, 11) is 0. The van der Waals surface area contributed by atoms with Crippen LogP contribution in [0.25, 0.3) is 0 Å². The third-order valence-electron chi connectivity index (χ3n) is 3.90. The third kappa shape index (κ3) is 3.00. The Balaban J connectivity index is 1.92. The molecule has 6 heteroatoms.